The van der Waals surface area contributed by atoms with Crippen LogP contribution in [0.25, 0.3) is 0 Å². The monoisotopic (exact) mass is 473 g/mol. The summed E-state index contributed by atoms with van der Waals surface area (Å²) in [6, 6.07) is 4.78. The molecule has 0 saturated heterocycles. The van der Waals surface area contributed by atoms with Crippen LogP contribution in [0.1, 0.15) is 57.6 Å². The third-order valence-electron chi connectivity index (χ3n) is 5.95. The number of nitrogens with zero attached hydrogens (tertiary/aromatic N) is 1. The third kappa shape index (κ3) is 4.71. The van der Waals surface area contributed by atoms with E-state index in [2.05, 4.69) is 10.6 Å². The summed E-state index contributed by atoms with van der Waals surface area (Å²) in [5.74, 6) is -0.400. The van der Waals surface area contributed by atoms with Gasteiger partial charge in [0.15, 0.2) is 5.78 Å². The fourth-order valence-electron chi connectivity index (χ4n) is 4.11. The predicted octanol–water partition coefficient (Wildman–Crippen LogP) is 3.75. The van der Waals surface area contributed by atoms with Gasteiger partial charge in [-0.25, -0.2) is 4.79 Å². The van der Waals surface area contributed by atoms with E-state index < -0.39 is 6.04 Å². The van der Waals surface area contributed by atoms with E-state index in [9.17, 15) is 19.2 Å². The van der Waals surface area contributed by atoms with Crippen LogP contribution >= 0.6 is 22.9 Å². The van der Waals surface area contributed by atoms with Gasteiger partial charge in [-0.2, -0.15) is 0 Å². The highest BCUT2D eigenvalue weighted by atomic mass is 35.5. The molecule has 4 rings (SSSR count). The van der Waals surface area contributed by atoms with Crippen molar-refractivity contribution < 1.29 is 19.2 Å². The average molecular weight is 474 g/mol. The summed E-state index contributed by atoms with van der Waals surface area (Å²) in [5.41, 5.74) is 3.33. The number of fused-ring (bicyclic) bond motifs is 1. The van der Waals surface area contributed by atoms with Crippen molar-refractivity contribution >= 4 is 46.4 Å². The number of ketones is 2. The molecule has 1 aromatic heterocycles. The minimum absolute atomic E-state index is 0.0536. The molecule has 0 bridgehead atoms. The average Bonchev–Trinajstić information content (AvgIpc) is 3.24. The molecule has 1 aromatic carbocycles. The first-order valence-electron chi connectivity index (χ1n) is 10.5. The Hall–Kier alpha value is -2.71. The van der Waals surface area contributed by atoms with Crippen LogP contribution in [0.5, 0.6) is 0 Å². The minimum Gasteiger partial charge on any atom is -0.334 e. The lowest BCUT2D eigenvalue weighted by Gasteiger charge is -2.25. The number of Topliss-reactive ketones (excluding diaryl/α,β-unsaturated/α-hetero) is 2. The number of benzene rings is 1. The Morgan fingerprint density at radius 1 is 1.22 bits per heavy atom. The SMILES string of the molecule is Cc1ccc(CNC(=O)NCc2scc3c2CN(C2CCCC(=O)CC2=O)C3=O)cc1Cl. The van der Waals surface area contributed by atoms with Gasteiger partial charge in [0.05, 0.1) is 24.6 Å². The van der Waals surface area contributed by atoms with E-state index in [0.717, 1.165) is 21.6 Å². The molecule has 9 heteroatoms. The molecule has 0 radical (unpaired) electrons. The number of halogens is 1. The van der Waals surface area contributed by atoms with Gasteiger partial charge in [0.1, 0.15) is 5.78 Å². The van der Waals surface area contributed by atoms with Crippen molar-refractivity contribution in [3.8, 4) is 0 Å². The number of carbonyl (C=O) groups excluding carboxylic acids is 4. The van der Waals surface area contributed by atoms with Gasteiger partial charge >= 0.3 is 6.03 Å². The molecule has 2 aliphatic rings. The first kappa shape index (κ1) is 22.5. The molecule has 0 spiro atoms. The third-order valence-corrected chi connectivity index (χ3v) is 7.39. The summed E-state index contributed by atoms with van der Waals surface area (Å²) in [7, 11) is 0. The number of thiophene rings is 1. The molecule has 2 heterocycles. The first-order valence-corrected chi connectivity index (χ1v) is 11.8. The summed E-state index contributed by atoms with van der Waals surface area (Å²) in [6.07, 6.45) is 1.43. The maximum absolute atomic E-state index is 12.9. The quantitative estimate of drug-likeness (QED) is 0.510. The van der Waals surface area contributed by atoms with Crippen molar-refractivity contribution in [3.05, 3.63) is 55.7 Å². The molecule has 168 valence electrons. The maximum Gasteiger partial charge on any atom is 0.315 e. The Bertz CT molecular complexity index is 1100. The summed E-state index contributed by atoms with van der Waals surface area (Å²) >= 11 is 7.54. The van der Waals surface area contributed by atoms with Crippen molar-refractivity contribution in [3.63, 3.8) is 0 Å². The molecular weight excluding hydrogens is 450 g/mol. The lowest BCUT2D eigenvalue weighted by atomic mass is 10.1. The van der Waals surface area contributed by atoms with Crippen LogP contribution in [0.4, 0.5) is 4.79 Å². The second kappa shape index (κ2) is 9.42. The van der Waals surface area contributed by atoms with Gasteiger partial charge in [-0.15, -0.1) is 11.3 Å². The first-order chi connectivity index (χ1) is 15.3. The van der Waals surface area contributed by atoms with E-state index in [4.69, 9.17) is 11.6 Å². The fraction of sp³-hybridized carbons (Fsp3) is 0.391. The smallest absolute Gasteiger partial charge is 0.315 e. The molecule has 1 aliphatic heterocycles. The highest BCUT2D eigenvalue weighted by molar-refractivity contribution is 7.10. The van der Waals surface area contributed by atoms with Crippen LogP contribution < -0.4 is 10.6 Å². The molecule has 32 heavy (non-hydrogen) atoms. The second-order valence-corrected chi connectivity index (χ2v) is 9.57. The second-order valence-electron chi connectivity index (χ2n) is 8.19. The van der Waals surface area contributed by atoms with Crippen molar-refractivity contribution in [1.29, 1.82) is 0 Å². The fourth-order valence-corrected chi connectivity index (χ4v) is 5.29. The van der Waals surface area contributed by atoms with Crippen LogP contribution in [0.3, 0.4) is 0 Å². The van der Waals surface area contributed by atoms with E-state index in [1.807, 2.05) is 25.1 Å². The van der Waals surface area contributed by atoms with Gasteiger partial charge in [0, 0.05) is 34.8 Å². The normalized spacial score (nSPS) is 18.5. The summed E-state index contributed by atoms with van der Waals surface area (Å²) in [4.78, 5) is 51.8. The number of amides is 3. The largest absolute Gasteiger partial charge is 0.334 e. The maximum atomic E-state index is 12.9. The highest BCUT2D eigenvalue weighted by Gasteiger charge is 2.39. The summed E-state index contributed by atoms with van der Waals surface area (Å²) in [5, 5.41) is 8.08. The molecule has 1 saturated carbocycles. The zero-order chi connectivity index (χ0) is 22.8. The Morgan fingerprint density at radius 2 is 2.00 bits per heavy atom. The topological polar surface area (TPSA) is 95.6 Å². The van der Waals surface area contributed by atoms with Crippen LogP contribution in [-0.2, 0) is 29.2 Å². The molecule has 2 aromatic rings. The van der Waals surface area contributed by atoms with Gasteiger partial charge < -0.3 is 15.5 Å². The zero-order valence-electron chi connectivity index (χ0n) is 17.7. The Kier molecular flexibility index (Phi) is 6.62. The van der Waals surface area contributed by atoms with E-state index in [1.54, 1.807) is 10.3 Å². The molecule has 3 amide bonds. The van der Waals surface area contributed by atoms with Crippen LogP contribution in [-0.4, -0.2) is 34.4 Å². The van der Waals surface area contributed by atoms with Gasteiger partial charge in [0.25, 0.3) is 5.91 Å². The van der Waals surface area contributed by atoms with E-state index in [1.165, 1.54) is 11.3 Å². The molecule has 1 aliphatic carbocycles. The summed E-state index contributed by atoms with van der Waals surface area (Å²) < 4.78 is 0. The van der Waals surface area contributed by atoms with Gasteiger partial charge in [-0.05, 0) is 42.5 Å². The van der Waals surface area contributed by atoms with E-state index in [-0.39, 0.29) is 29.9 Å². The van der Waals surface area contributed by atoms with Crippen molar-refractivity contribution in [2.45, 2.75) is 58.3 Å². The van der Waals surface area contributed by atoms with E-state index >= 15 is 0 Å². The van der Waals surface area contributed by atoms with Crippen LogP contribution in [0.2, 0.25) is 5.02 Å². The zero-order valence-corrected chi connectivity index (χ0v) is 19.3. The summed E-state index contributed by atoms with van der Waals surface area (Å²) in [6.45, 7) is 2.90. The van der Waals surface area contributed by atoms with Gasteiger partial charge in [-0.3, -0.25) is 14.4 Å². The number of hydrogen-bond donors (Lipinski definition) is 2. The minimum atomic E-state index is -0.545. The lowest BCUT2D eigenvalue weighted by Crippen LogP contribution is -2.41. The Labute approximate surface area is 195 Å². The van der Waals surface area contributed by atoms with Crippen molar-refractivity contribution in [2.75, 3.05) is 0 Å². The number of hydrogen-bond acceptors (Lipinski definition) is 5. The highest BCUT2D eigenvalue weighted by Crippen LogP contribution is 2.34. The Morgan fingerprint density at radius 3 is 2.78 bits per heavy atom. The van der Waals surface area contributed by atoms with E-state index in [0.29, 0.717) is 49.5 Å². The number of nitrogens with one attached hydrogen (secondary N) is 2. The van der Waals surface area contributed by atoms with Crippen molar-refractivity contribution in [1.82, 2.24) is 15.5 Å². The number of aryl methyl sites for hydroxylation is 1. The molecule has 1 atom stereocenters. The molecular formula is C23H24ClN3O4S. The van der Waals surface area contributed by atoms with Gasteiger partial charge in [-0.1, -0.05) is 23.7 Å². The standard InChI is InChI=1S/C23H24ClN3O4S/c1-13-5-6-14(7-18(13)24)9-25-23(31)26-10-21-16-11-27(22(30)17(16)12-32-21)19-4-2-3-15(28)8-20(19)29/h5-7,12,19H,2-4,8-11H2,1H3,(H2,25,26,31). The number of rotatable bonds is 5. The molecule has 7 nitrogen and oxygen atoms in total. The molecule has 2 N–H and O–H groups in total. The van der Waals surface area contributed by atoms with Crippen LogP contribution in [0.15, 0.2) is 23.6 Å². The lowest BCUT2D eigenvalue weighted by molar-refractivity contribution is -0.128. The van der Waals surface area contributed by atoms with Gasteiger partial charge in [0.2, 0.25) is 0 Å². The molecule has 1 unspecified atom stereocenters. The predicted molar refractivity (Wildman–Crippen MR) is 122 cm³/mol. The van der Waals surface area contributed by atoms with Crippen LogP contribution in [0, 0.1) is 6.92 Å². The molecule has 1 fully saturated rings. The Balaban J connectivity index is 1.35. The van der Waals surface area contributed by atoms with Crippen molar-refractivity contribution in [2.24, 2.45) is 0 Å². The number of urea groups is 1. The number of carbonyl (C=O) groups is 4.